The van der Waals surface area contributed by atoms with Crippen LogP contribution in [0.15, 0.2) is 48.5 Å². The van der Waals surface area contributed by atoms with Crippen LogP contribution in [0.4, 0.5) is 5.69 Å². The molecule has 0 fully saturated rings. The Morgan fingerprint density at radius 1 is 1.00 bits per heavy atom. The van der Waals surface area contributed by atoms with Gasteiger partial charge in [-0.15, -0.1) is 0 Å². The van der Waals surface area contributed by atoms with Gasteiger partial charge in [0.2, 0.25) is 5.91 Å². The van der Waals surface area contributed by atoms with Crippen LogP contribution in [0.1, 0.15) is 38.2 Å². The van der Waals surface area contributed by atoms with Crippen molar-refractivity contribution in [2.75, 3.05) is 19.0 Å². The lowest BCUT2D eigenvalue weighted by Gasteiger charge is -2.09. The first kappa shape index (κ1) is 17.9. The van der Waals surface area contributed by atoms with E-state index < -0.39 is 0 Å². The van der Waals surface area contributed by atoms with Crippen LogP contribution in [0, 0.1) is 0 Å². The van der Waals surface area contributed by atoms with Gasteiger partial charge in [0, 0.05) is 12.1 Å². The van der Waals surface area contributed by atoms with Gasteiger partial charge in [0.25, 0.3) is 0 Å². The highest BCUT2D eigenvalue weighted by Gasteiger charge is 2.04. The van der Waals surface area contributed by atoms with Crippen molar-refractivity contribution in [2.45, 2.75) is 32.6 Å². The molecule has 1 amide bonds. The number of nitrogens with one attached hydrogen (secondary N) is 1. The van der Waals surface area contributed by atoms with E-state index in [0.29, 0.717) is 25.4 Å². The summed E-state index contributed by atoms with van der Waals surface area (Å²) in [6.45, 7) is 4.80. The minimum absolute atomic E-state index is 0.00521. The Hall–Kier alpha value is -2.49. The van der Waals surface area contributed by atoms with Crippen LogP contribution in [0.5, 0.6) is 11.5 Å². The fourth-order valence-electron chi connectivity index (χ4n) is 2.27. The molecule has 0 aliphatic rings. The molecular weight excluding hydrogens is 302 g/mol. The fraction of sp³-hybridized carbons (Fsp3) is 0.350. The number of carbonyl (C=O) groups is 1. The molecule has 4 nitrogen and oxygen atoms in total. The third-order valence-electron chi connectivity index (χ3n) is 3.74. The Morgan fingerprint density at radius 3 is 2.21 bits per heavy atom. The van der Waals surface area contributed by atoms with Gasteiger partial charge in [-0.3, -0.25) is 4.79 Å². The van der Waals surface area contributed by atoms with Crippen molar-refractivity contribution < 1.29 is 14.3 Å². The van der Waals surface area contributed by atoms with Crippen LogP contribution in [0.3, 0.4) is 0 Å². The zero-order chi connectivity index (χ0) is 17.4. The molecule has 0 heterocycles. The molecule has 2 aromatic carbocycles. The maximum absolute atomic E-state index is 11.9. The summed E-state index contributed by atoms with van der Waals surface area (Å²) < 4.78 is 10.7. The highest BCUT2D eigenvalue weighted by atomic mass is 16.5. The molecule has 1 N–H and O–H groups in total. The molecule has 0 aromatic heterocycles. The lowest BCUT2D eigenvalue weighted by Crippen LogP contribution is -2.12. The smallest absolute Gasteiger partial charge is 0.224 e. The second-order valence-electron chi connectivity index (χ2n) is 5.95. The summed E-state index contributed by atoms with van der Waals surface area (Å²) in [7, 11) is 1.63. The van der Waals surface area contributed by atoms with Gasteiger partial charge in [0.1, 0.15) is 11.5 Å². The number of anilines is 1. The van der Waals surface area contributed by atoms with Crippen LogP contribution in [0.25, 0.3) is 0 Å². The van der Waals surface area contributed by atoms with Crippen molar-refractivity contribution >= 4 is 11.6 Å². The first-order valence-corrected chi connectivity index (χ1v) is 8.25. The molecule has 0 saturated heterocycles. The molecule has 0 bridgehead atoms. The van der Waals surface area contributed by atoms with Gasteiger partial charge < -0.3 is 14.8 Å². The summed E-state index contributed by atoms with van der Waals surface area (Å²) in [6.07, 6.45) is 1.10. The Labute approximate surface area is 143 Å². The number of rotatable bonds is 8. The van der Waals surface area contributed by atoms with Crippen LogP contribution in [0.2, 0.25) is 0 Å². The van der Waals surface area contributed by atoms with Crippen molar-refractivity contribution in [3.63, 3.8) is 0 Å². The molecule has 0 atom stereocenters. The van der Waals surface area contributed by atoms with E-state index in [1.807, 2.05) is 48.5 Å². The molecule has 2 aromatic rings. The molecule has 0 unspecified atom stereocenters. The number of hydrogen-bond acceptors (Lipinski definition) is 3. The molecule has 128 valence electrons. The summed E-state index contributed by atoms with van der Waals surface area (Å²) in [4.78, 5) is 11.9. The number of benzene rings is 2. The van der Waals surface area contributed by atoms with Crippen LogP contribution in [-0.2, 0) is 4.79 Å². The monoisotopic (exact) mass is 327 g/mol. The Kier molecular flexibility index (Phi) is 6.67. The SMILES string of the molecule is COc1ccc(OCCCC(=O)Nc2ccc(C(C)C)cc2)cc1. The van der Waals surface area contributed by atoms with E-state index in [-0.39, 0.29) is 5.91 Å². The average molecular weight is 327 g/mol. The summed E-state index contributed by atoms with van der Waals surface area (Å²) in [5, 5.41) is 2.91. The zero-order valence-electron chi connectivity index (χ0n) is 14.5. The maximum atomic E-state index is 11.9. The summed E-state index contributed by atoms with van der Waals surface area (Å²) in [5.74, 6) is 2.07. The molecule has 0 radical (unpaired) electrons. The molecule has 24 heavy (non-hydrogen) atoms. The molecular formula is C20H25NO3. The molecule has 0 spiro atoms. The molecule has 0 saturated carbocycles. The predicted molar refractivity (Wildman–Crippen MR) is 96.9 cm³/mol. The highest BCUT2D eigenvalue weighted by molar-refractivity contribution is 5.90. The second-order valence-corrected chi connectivity index (χ2v) is 5.95. The quantitative estimate of drug-likeness (QED) is 0.720. The summed E-state index contributed by atoms with van der Waals surface area (Å²) >= 11 is 0. The van der Waals surface area contributed by atoms with E-state index in [9.17, 15) is 4.79 Å². The van der Waals surface area contributed by atoms with Gasteiger partial charge in [-0.25, -0.2) is 0 Å². The second kappa shape index (κ2) is 8.96. The average Bonchev–Trinajstić information content (AvgIpc) is 2.59. The minimum Gasteiger partial charge on any atom is -0.497 e. The van der Waals surface area contributed by atoms with Crippen LogP contribution < -0.4 is 14.8 Å². The van der Waals surface area contributed by atoms with Gasteiger partial charge in [0.05, 0.1) is 13.7 Å². The first-order chi connectivity index (χ1) is 11.6. The standard InChI is InChI=1S/C20H25NO3/c1-15(2)16-6-8-17(9-7-16)21-20(22)5-4-14-24-19-12-10-18(23-3)11-13-19/h6-13,15H,4-5,14H2,1-3H3,(H,21,22). The van der Waals surface area contributed by atoms with Gasteiger partial charge in [0.15, 0.2) is 0 Å². The number of carbonyl (C=O) groups excluding carboxylic acids is 1. The number of methoxy groups -OCH3 is 1. The van der Waals surface area contributed by atoms with E-state index >= 15 is 0 Å². The van der Waals surface area contributed by atoms with Gasteiger partial charge in [-0.05, 0) is 54.3 Å². The van der Waals surface area contributed by atoms with Crippen molar-refractivity contribution in [2.24, 2.45) is 0 Å². The van der Waals surface area contributed by atoms with E-state index in [1.54, 1.807) is 7.11 Å². The summed E-state index contributed by atoms with van der Waals surface area (Å²) in [5.41, 5.74) is 2.10. The maximum Gasteiger partial charge on any atom is 0.224 e. The first-order valence-electron chi connectivity index (χ1n) is 8.25. The van der Waals surface area contributed by atoms with Gasteiger partial charge >= 0.3 is 0 Å². The van der Waals surface area contributed by atoms with Crippen molar-refractivity contribution in [1.29, 1.82) is 0 Å². The van der Waals surface area contributed by atoms with Crippen LogP contribution in [-0.4, -0.2) is 19.6 Å². The van der Waals surface area contributed by atoms with Crippen molar-refractivity contribution in [3.05, 3.63) is 54.1 Å². The van der Waals surface area contributed by atoms with Crippen molar-refractivity contribution in [3.8, 4) is 11.5 Å². The van der Waals surface area contributed by atoms with E-state index in [4.69, 9.17) is 9.47 Å². The van der Waals surface area contributed by atoms with E-state index in [2.05, 4.69) is 19.2 Å². The normalized spacial score (nSPS) is 10.5. The lowest BCUT2D eigenvalue weighted by molar-refractivity contribution is -0.116. The Morgan fingerprint density at radius 2 is 1.62 bits per heavy atom. The number of ether oxygens (including phenoxy) is 2. The molecule has 0 aliphatic carbocycles. The van der Waals surface area contributed by atoms with Crippen LogP contribution >= 0.6 is 0 Å². The lowest BCUT2D eigenvalue weighted by atomic mass is 10.0. The minimum atomic E-state index is 0.00521. The molecule has 0 aliphatic heterocycles. The van der Waals surface area contributed by atoms with E-state index in [0.717, 1.165) is 17.2 Å². The fourth-order valence-corrected chi connectivity index (χ4v) is 2.27. The largest absolute Gasteiger partial charge is 0.497 e. The summed E-state index contributed by atoms with van der Waals surface area (Å²) in [6, 6.07) is 15.4. The molecule has 4 heteroatoms. The van der Waals surface area contributed by atoms with Gasteiger partial charge in [-0.2, -0.15) is 0 Å². The third kappa shape index (κ3) is 5.61. The number of amides is 1. The third-order valence-corrected chi connectivity index (χ3v) is 3.74. The Balaban J connectivity index is 1.69. The highest BCUT2D eigenvalue weighted by Crippen LogP contribution is 2.18. The topological polar surface area (TPSA) is 47.6 Å². The van der Waals surface area contributed by atoms with Crippen molar-refractivity contribution in [1.82, 2.24) is 0 Å². The van der Waals surface area contributed by atoms with E-state index in [1.165, 1.54) is 5.56 Å². The zero-order valence-corrected chi connectivity index (χ0v) is 14.5. The number of hydrogen-bond donors (Lipinski definition) is 1. The Bertz CT molecular complexity index is 633. The predicted octanol–water partition coefficient (Wildman–Crippen LogP) is 4.62. The van der Waals surface area contributed by atoms with Gasteiger partial charge in [-0.1, -0.05) is 26.0 Å². The molecule has 2 rings (SSSR count).